The number of hydrogen-bond acceptors (Lipinski definition) is 5. The molecule has 2 fully saturated rings. The molecule has 33 heavy (non-hydrogen) atoms. The third kappa shape index (κ3) is 4.77. The van der Waals surface area contributed by atoms with Crippen molar-refractivity contribution < 1.29 is 9.18 Å². The number of carbonyl (C=O) groups excluding carboxylic acids is 1. The predicted octanol–water partition coefficient (Wildman–Crippen LogP) is 4.41. The highest BCUT2D eigenvalue weighted by Crippen LogP contribution is 2.28. The van der Waals surface area contributed by atoms with E-state index in [0.29, 0.717) is 18.2 Å². The molecule has 2 aromatic carbocycles. The number of fused-ring (bicyclic) bond motifs is 1. The quantitative estimate of drug-likeness (QED) is 0.628. The normalized spacial score (nSPS) is 17.4. The first-order chi connectivity index (χ1) is 16.2. The molecule has 0 unspecified atom stereocenters. The monoisotopic (exact) mass is 447 g/mol. The Hall–Kier alpha value is -3.22. The molecular weight excluding hydrogens is 417 g/mol. The molecule has 172 valence electrons. The molecule has 5 rings (SSSR count). The van der Waals surface area contributed by atoms with E-state index in [1.807, 2.05) is 36.4 Å². The standard InChI is InChI=1S/C26H30FN5O/c27-20-10-12-21(13-11-20)31-14-16-32(17-15-31)25-23-9-5-4-8-22(23)24(29-30-25)26(33)28-18-19-6-2-1-3-7-19/h4-5,8-13,19H,1-3,6-7,14-18H2,(H,28,33). The Bertz CT molecular complexity index is 1110. The average Bonchev–Trinajstić information content (AvgIpc) is 2.88. The number of aromatic nitrogens is 2. The van der Waals surface area contributed by atoms with E-state index >= 15 is 0 Å². The van der Waals surface area contributed by atoms with Crippen LogP contribution in [0.5, 0.6) is 0 Å². The van der Waals surface area contributed by atoms with E-state index in [-0.39, 0.29) is 11.7 Å². The summed E-state index contributed by atoms with van der Waals surface area (Å²) in [6, 6.07) is 14.5. The minimum Gasteiger partial charge on any atom is -0.368 e. The summed E-state index contributed by atoms with van der Waals surface area (Å²) in [5.74, 6) is 1.02. The molecule has 1 aliphatic heterocycles. The molecule has 1 aliphatic carbocycles. The second kappa shape index (κ2) is 9.73. The highest BCUT2D eigenvalue weighted by Gasteiger charge is 2.23. The fourth-order valence-corrected chi connectivity index (χ4v) is 5.03. The summed E-state index contributed by atoms with van der Waals surface area (Å²) in [4.78, 5) is 17.4. The number of nitrogens with zero attached hydrogens (tertiary/aromatic N) is 4. The Labute approximate surface area is 193 Å². The molecule has 0 radical (unpaired) electrons. The molecule has 1 N–H and O–H groups in total. The lowest BCUT2D eigenvalue weighted by atomic mass is 9.89. The van der Waals surface area contributed by atoms with Crippen molar-refractivity contribution in [3.05, 3.63) is 60.0 Å². The van der Waals surface area contributed by atoms with E-state index in [4.69, 9.17) is 0 Å². The topological polar surface area (TPSA) is 61.4 Å². The number of hydrogen-bond donors (Lipinski definition) is 1. The van der Waals surface area contributed by atoms with Crippen molar-refractivity contribution in [3.8, 4) is 0 Å². The van der Waals surface area contributed by atoms with Crippen LogP contribution >= 0.6 is 0 Å². The van der Waals surface area contributed by atoms with Crippen LogP contribution in [0.1, 0.15) is 42.6 Å². The van der Waals surface area contributed by atoms with Crippen LogP contribution in [0.4, 0.5) is 15.9 Å². The molecule has 2 aliphatic rings. The summed E-state index contributed by atoms with van der Waals surface area (Å²) >= 11 is 0. The third-order valence-corrected chi connectivity index (χ3v) is 6.93. The van der Waals surface area contributed by atoms with E-state index < -0.39 is 0 Å². The lowest BCUT2D eigenvalue weighted by Gasteiger charge is -2.37. The number of anilines is 2. The Balaban J connectivity index is 1.30. The lowest BCUT2D eigenvalue weighted by Crippen LogP contribution is -2.47. The van der Waals surface area contributed by atoms with Crippen molar-refractivity contribution in [2.45, 2.75) is 32.1 Å². The molecule has 1 amide bonds. The zero-order valence-corrected chi connectivity index (χ0v) is 18.8. The van der Waals surface area contributed by atoms with Gasteiger partial charge in [-0.2, -0.15) is 0 Å². The van der Waals surface area contributed by atoms with E-state index in [9.17, 15) is 9.18 Å². The highest BCUT2D eigenvalue weighted by atomic mass is 19.1. The van der Waals surface area contributed by atoms with Crippen molar-refractivity contribution in [3.63, 3.8) is 0 Å². The maximum absolute atomic E-state index is 13.2. The number of nitrogens with one attached hydrogen (secondary N) is 1. The fraction of sp³-hybridized carbons (Fsp3) is 0.423. The van der Waals surface area contributed by atoms with Gasteiger partial charge in [0.05, 0.1) is 0 Å². The van der Waals surface area contributed by atoms with Gasteiger partial charge in [-0.15, -0.1) is 10.2 Å². The van der Waals surface area contributed by atoms with Gasteiger partial charge in [-0.25, -0.2) is 4.39 Å². The minimum atomic E-state index is -0.220. The summed E-state index contributed by atoms with van der Waals surface area (Å²) < 4.78 is 13.2. The van der Waals surface area contributed by atoms with E-state index in [1.54, 1.807) is 0 Å². The van der Waals surface area contributed by atoms with Crippen LogP contribution in [0.15, 0.2) is 48.5 Å². The molecule has 0 spiro atoms. The Morgan fingerprint density at radius 3 is 2.27 bits per heavy atom. The molecule has 3 aromatic rings. The number of piperazine rings is 1. The number of amides is 1. The van der Waals surface area contributed by atoms with E-state index in [0.717, 1.165) is 48.5 Å². The van der Waals surface area contributed by atoms with Gasteiger partial charge in [-0.3, -0.25) is 4.79 Å². The van der Waals surface area contributed by atoms with Gasteiger partial charge < -0.3 is 15.1 Å². The van der Waals surface area contributed by atoms with Gasteiger partial charge in [0.1, 0.15) is 5.82 Å². The first-order valence-electron chi connectivity index (χ1n) is 12.0. The van der Waals surface area contributed by atoms with Crippen LogP contribution in [0, 0.1) is 11.7 Å². The molecule has 1 saturated heterocycles. The molecular formula is C26H30FN5O. The third-order valence-electron chi connectivity index (χ3n) is 6.93. The maximum Gasteiger partial charge on any atom is 0.272 e. The van der Waals surface area contributed by atoms with Gasteiger partial charge in [0.25, 0.3) is 5.91 Å². The molecule has 0 bridgehead atoms. The highest BCUT2D eigenvalue weighted by molar-refractivity contribution is 6.07. The zero-order valence-electron chi connectivity index (χ0n) is 18.8. The largest absolute Gasteiger partial charge is 0.368 e. The summed E-state index contributed by atoms with van der Waals surface area (Å²) in [6.45, 7) is 3.89. The zero-order chi connectivity index (χ0) is 22.6. The van der Waals surface area contributed by atoms with E-state index in [1.165, 1.54) is 44.2 Å². The first-order valence-corrected chi connectivity index (χ1v) is 12.0. The predicted molar refractivity (Wildman–Crippen MR) is 129 cm³/mol. The Morgan fingerprint density at radius 2 is 1.55 bits per heavy atom. The molecule has 0 atom stereocenters. The Kier molecular flexibility index (Phi) is 6.37. The Morgan fingerprint density at radius 1 is 0.879 bits per heavy atom. The van der Waals surface area contributed by atoms with Crippen LogP contribution in [-0.2, 0) is 0 Å². The van der Waals surface area contributed by atoms with Crippen molar-refractivity contribution in [1.82, 2.24) is 15.5 Å². The van der Waals surface area contributed by atoms with Crippen LogP contribution < -0.4 is 15.1 Å². The van der Waals surface area contributed by atoms with Crippen LogP contribution in [0.3, 0.4) is 0 Å². The molecule has 1 saturated carbocycles. The first kappa shape index (κ1) is 21.6. The van der Waals surface area contributed by atoms with Gasteiger partial charge in [0.15, 0.2) is 11.5 Å². The van der Waals surface area contributed by atoms with Crippen molar-refractivity contribution in [2.75, 3.05) is 42.5 Å². The SMILES string of the molecule is O=C(NCC1CCCCC1)c1nnc(N2CCN(c3ccc(F)cc3)CC2)c2ccccc12. The van der Waals surface area contributed by atoms with Crippen molar-refractivity contribution in [2.24, 2.45) is 5.92 Å². The average molecular weight is 448 g/mol. The second-order valence-corrected chi connectivity index (χ2v) is 9.08. The minimum absolute atomic E-state index is 0.142. The smallest absolute Gasteiger partial charge is 0.272 e. The van der Waals surface area contributed by atoms with Crippen LogP contribution in [0.2, 0.25) is 0 Å². The maximum atomic E-state index is 13.2. The van der Waals surface area contributed by atoms with Crippen molar-refractivity contribution in [1.29, 1.82) is 0 Å². The van der Waals surface area contributed by atoms with Gasteiger partial charge in [0, 0.05) is 49.2 Å². The number of benzene rings is 2. The van der Waals surface area contributed by atoms with Crippen molar-refractivity contribution >= 4 is 28.2 Å². The number of halogens is 1. The lowest BCUT2D eigenvalue weighted by molar-refractivity contribution is 0.0939. The van der Waals surface area contributed by atoms with Gasteiger partial charge in [-0.05, 0) is 43.0 Å². The fourth-order valence-electron chi connectivity index (χ4n) is 5.03. The number of carbonyl (C=O) groups is 1. The second-order valence-electron chi connectivity index (χ2n) is 9.08. The van der Waals surface area contributed by atoms with Gasteiger partial charge in [0.2, 0.25) is 0 Å². The van der Waals surface area contributed by atoms with Crippen LogP contribution in [-0.4, -0.2) is 48.8 Å². The van der Waals surface area contributed by atoms with E-state index in [2.05, 4.69) is 25.3 Å². The summed E-state index contributed by atoms with van der Waals surface area (Å²) in [6.07, 6.45) is 6.20. The number of rotatable bonds is 5. The van der Waals surface area contributed by atoms with Gasteiger partial charge in [-0.1, -0.05) is 43.5 Å². The summed E-state index contributed by atoms with van der Waals surface area (Å²) in [5.41, 5.74) is 1.42. The molecule has 6 nitrogen and oxygen atoms in total. The summed E-state index contributed by atoms with van der Waals surface area (Å²) in [5, 5.41) is 13.8. The molecule has 1 aromatic heterocycles. The summed E-state index contributed by atoms with van der Waals surface area (Å²) in [7, 11) is 0. The molecule has 2 heterocycles. The molecule has 7 heteroatoms. The van der Waals surface area contributed by atoms with Gasteiger partial charge >= 0.3 is 0 Å². The van der Waals surface area contributed by atoms with Crippen LogP contribution in [0.25, 0.3) is 10.8 Å².